The van der Waals surface area contributed by atoms with Gasteiger partial charge >= 0.3 is 0 Å². The van der Waals surface area contributed by atoms with Crippen molar-refractivity contribution in [3.8, 4) is 0 Å². The maximum Gasteiger partial charge on any atom is 0.262 e. The van der Waals surface area contributed by atoms with E-state index >= 15 is 0 Å². The van der Waals surface area contributed by atoms with E-state index in [0.29, 0.717) is 13.2 Å². The molecule has 2 aliphatic rings. The molecule has 0 spiro atoms. The summed E-state index contributed by atoms with van der Waals surface area (Å²) in [5.74, 6) is -3.18. The van der Waals surface area contributed by atoms with E-state index in [0.717, 1.165) is 37.2 Å². The fraction of sp³-hybridized carbons (Fsp3) is 0.611. The molecule has 2 saturated heterocycles. The van der Waals surface area contributed by atoms with Gasteiger partial charge in [0.1, 0.15) is 0 Å². The fourth-order valence-corrected chi connectivity index (χ4v) is 3.02. The normalized spacial score (nSPS) is 23.5. The summed E-state index contributed by atoms with van der Waals surface area (Å²) in [4.78, 5) is 11.9. The number of ether oxygens (including phenoxy) is 2. The molecule has 25 heavy (non-hydrogen) atoms. The largest absolute Gasteiger partial charge is 0.381 e. The van der Waals surface area contributed by atoms with Crippen LogP contribution in [0.3, 0.4) is 0 Å². The summed E-state index contributed by atoms with van der Waals surface area (Å²) < 4.78 is 37.4. The van der Waals surface area contributed by atoms with Gasteiger partial charge in [0.2, 0.25) is 5.91 Å². The van der Waals surface area contributed by atoms with E-state index in [1.54, 1.807) is 0 Å². The minimum atomic E-state index is -2.80. The molecule has 1 atom stereocenters. The Balaban J connectivity index is 1.40. The topological polar surface area (TPSA) is 59.6 Å². The zero-order chi connectivity index (χ0) is 17.7. The minimum Gasteiger partial charge on any atom is -0.381 e. The van der Waals surface area contributed by atoms with Crippen LogP contribution in [0.2, 0.25) is 0 Å². The smallest absolute Gasteiger partial charge is 0.262 e. The minimum absolute atomic E-state index is 0.254. The Morgan fingerprint density at radius 3 is 2.56 bits per heavy atom. The first-order valence-corrected chi connectivity index (χ1v) is 8.68. The Labute approximate surface area is 146 Å². The van der Waals surface area contributed by atoms with Crippen molar-refractivity contribution in [3.05, 3.63) is 35.4 Å². The average molecular weight is 354 g/mol. The zero-order valence-electron chi connectivity index (χ0n) is 14.1. The number of benzene rings is 1. The monoisotopic (exact) mass is 354 g/mol. The summed E-state index contributed by atoms with van der Waals surface area (Å²) in [5.41, 5.74) is 1.99. The molecule has 0 aromatic heterocycles. The van der Waals surface area contributed by atoms with Gasteiger partial charge in [-0.1, -0.05) is 24.3 Å². The van der Waals surface area contributed by atoms with Crippen LogP contribution in [0.15, 0.2) is 24.3 Å². The second-order valence-corrected chi connectivity index (χ2v) is 6.65. The summed E-state index contributed by atoms with van der Waals surface area (Å²) in [6.07, 6.45) is 1.67. The highest BCUT2D eigenvalue weighted by Gasteiger charge is 2.42. The van der Waals surface area contributed by atoms with Crippen molar-refractivity contribution in [2.75, 3.05) is 19.8 Å². The number of nitrogens with one attached hydrogen (secondary N) is 2. The van der Waals surface area contributed by atoms with Crippen LogP contribution in [0.4, 0.5) is 8.78 Å². The van der Waals surface area contributed by atoms with Gasteiger partial charge < -0.3 is 14.8 Å². The summed E-state index contributed by atoms with van der Waals surface area (Å²) in [7, 11) is 0. The van der Waals surface area contributed by atoms with Gasteiger partial charge in [0.25, 0.3) is 5.92 Å². The van der Waals surface area contributed by atoms with Crippen molar-refractivity contribution in [1.82, 2.24) is 10.6 Å². The molecule has 5 nitrogen and oxygen atoms in total. The molecule has 2 N–H and O–H groups in total. The van der Waals surface area contributed by atoms with Crippen LogP contribution >= 0.6 is 0 Å². The molecule has 0 radical (unpaired) electrons. The molecule has 1 aromatic carbocycles. The number of hydrogen-bond acceptors (Lipinski definition) is 4. The molecule has 1 aromatic rings. The van der Waals surface area contributed by atoms with Gasteiger partial charge in [0, 0.05) is 26.2 Å². The Kier molecular flexibility index (Phi) is 5.98. The number of carbonyl (C=O) groups excluding carboxylic acids is 1. The lowest BCUT2D eigenvalue weighted by atomic mass is 10.1. The Bertz CT molecular complexity index is 574. The molecule has 0 bridgehead atoms. The quantitative estimate of drug-likeness (QED) is 0.820. The number of hydrogen-bond donors (Lipinski definition) is 2. The van der Waals surface area contributed by atoms with E-state index in [1.165, 1.54) is 0 Å². The molecule has 2 heterocycles. The van der Waals surface area contributed by atoms with Crippen molar-refractivity contribution in [2.45, 2.75) is 50.5 Å². The van der Waals surface area contributed by atoms with Crippen LogP contribution in [0.5, 0.6) is 0 Å². The Morgan fingerprint density at radius 1 is 1.24 bits per heavy atom. The molecule has 1 unspecified atom stereocenters. The molecular weight excluding hydrogens is 330 g/mol. The Hall–Kier alpha value is -1.57. The van der Waals surface area contributed by atoms with E-state index in [9.17, 15) is 13.6 Å². The number of alkyl halides is 2. The third-order valence-corrected chi connectivity index (χ3v) is 4.57. The summed E-state index contributed by atoms with van der Waals surface area (Å²) in [5, 5.41) is 5.25. The lowest BCUT2D eigenvalue weighted by Crippen LogP contribution is -2.40. The molecular formula is C18H24F2N2O3. The first kappa shape index (κ1) is 18.2. The van der Waals surface area contributed by atoms with Crippen LogP contribution < -0.4 is 10.6 Å². The standard InChI is InChI=1S/C18H24F2N2O3/c19-18(20)9-16(22-12-18)17(23)21-10-13-1-3-14(4-2-13)11-25-15-5-7-24-8-6-15/h1-4,15-16,22H,5-12H2,(H,21,23). The molecule has 0 aliphatic carbocycles. The van der Waals surface area contributed by atoms with E-state index in [2.05, 4.69) is 10.6 Å². The molecule has 2 aliphatic heterocycles. The van der Waals surface area contributed by atoms with Crippen LogP contribution in [-0.2, 0) is 27.4 Å². The van der Waals surface area contributed by atoms with E-state index < -0.39 is 24.9 Å². The van der Waals surface area contributed by atoms with Gasteiger partial charge in [0.15, 0.2) is 0 Å². The van der Waals surface area contributed by atoms with Crippen molar-refractivity contribution in [3.63, 3.8) is 0 Å². The predicted molar refractivity (Wildman–Crippen MR) is 88.3 cm³/mol. The maximum absolute atomic E-state index is 13.1. The van der Waals surface area contributed by atoms with Gasteiger partial charge in [-0.25, -0.2) is 8.78 Å². The number of rotatable bonds is 6. The van der Waals surface area contributed by atoms with Crippen molar-refractivity contribution in [2.24, 2.45) is 0 Å². The highest BCUT2D eigenvalue weighted by atomic mass is 19.3. The third-order valence-electron chi connectivity index (χ3n) is 4.57. The van der Waals surface area contributed by atoms with Crippen LogP contribution in [-0.4, -0.2) is 43.7 Å². The van der Waals surface area contributed by atoms with Crippen molar-refractivity contribution < 1.29 is 23.0 Å². The van der Waals surface area contributed by atoms with Gasteiger partial charge in [-0.05, 0) is 24.0 Å². The van der Waals surface area contributed by atoms with Gasteiger partial charge in [-0.15, -0.1) is 0 Å². The lowest BCUT2D eigenvalue weighted by molar-refractivity contribution is -0.123. The van der Waals surface area contributed by atoms with E-state index in [-0.39, 0.29) is 12.0 Å². The zero-order valence-corrected chi connectivity index (χ0v) is 14.1. The summed E-state index contributed by atoms with van der Waals surface area (Å²) >= 11 is 0. The molecule has 3 rings (SSSR count). The number of amides is 1. The molecule has 0 saturated carbocycles. The molecule has 138 valence electrons. The Morgan fingerprint density at radius 2 is 1.92 bits per heavy atom. The van der Waals surface area contributed by atoms with Gasteiger partial charge in [0.05, 0.1) is 25.3 Å². The highest BCUT2D eigenvalue weighted by molar-refractivity contribution is 5.82. The summed E-state index contributed by atoms with van der Waals surface area (Å²) in [6, 6.07) is 6.94. The van der Waals surface area contributed by atoms with E-state index in [4.69, 9.17) is 9.47 Å². The average Bonchev–Trinajstić information content (AvgIpc) is 3.00. The predicted octanol–water partition coefficient (Wildman–Crippen LogP) is 2.00. The second kappa shape index (κ2) is 8.21. The maximum atomic E-state index is 13.1. The van der Waals surface area contributed by atoms with Crippen LogP contribution in [0.25, 0.3) is 0 Å². The number of halogens is 2. The first-order valence-electron chi connectivity index (χ1n) is 8.68. The third kappa shape index (κ3) is 5.45. The lowest BCUT2D eigenvalue weighted by Gasteiger charge is -2.22. The second-order valence-electron chi connectivity index (χ2n) is 6.65. The van der Waals surface area contributed by atoms with Crippen molar-refractivity contribution in [1.29, 1.82) is 0 Å². The van der Waals surface area contributed by atoms with Crippen LogP contribution in [0.1, 0.15) is 30.4 Å². The van der Waals surface area contributed by atoms with E-state index in [1.807, 2.05) is 24.3 Å². The molecule has 1 amide bonds. The molecule has 2 fully saturated rings. The van der Waals surface area contributed by atoms with Crippen LogP contribution in [0, 0.1) is 0 Å². The van der Waals surface area contributed by atoms with Crippen molar-refractivity contribution >= 4 is 5.91 Å². The highest BCUT2D eigenvalue weighted by Crippen LogP contribution is 2.25. The molecule has 7 heteroatoms. The summed E-state index contributed by atoms with van der Waals surface area (Å²) in [6.45, 7) is 1.95. The number of carbonyl (C=O) groups is 1. The SMILES string of the molecule is O=C(NCc1ccc(COC2CCOCC2)cc1)C1CC(F)(F)CN1. The fourth-order valence-electron chi connectivity index (χ4n) is 3.02. The van der Waals surface area contributed by atoms with Gasteiger partial charge in [-0.2, -0.15) is 0 Å². The first-order chi connectivity index (χ1) is 12.0. The van der Waals surface area contributed by atoms with Gasteiger partial charge in [-0.3, -0.25) is 10.1 Å².